The fourth-order valence-electron chi connectivity index (χ4n) is 3.49. The van der Waals surface area contributed by atoms with E-state index in [4.69, 9.17) is 4.52 Å². The van der Waals surface area contributed by atoms with E-state index in [1.165, 1.54) is 0 Å². The van der Waals surface area contributed by atoms with Crippen molar-refractivity contribution >= 4 is 38.4 Å². The largest absolute Gasteiger partial charge is 0.336 e. The zero-order valence-electron chi connectivity index (χ0n) is 18.7. The van der Waals surface area contributed by atoms with Gasteiger partial charge in [0.25, 0.3) is 11.6 Å². The lowest BCUT2D eigenvalue weighted by molar-refractivity contribution is 0.102. The zero-order valence-corrected chi connectivity index (χ0v) is 19.5. The van der Waals surface area contributed by atoms with Crippen LogP contribution in [0.3, 0.4) is 0 Å². The molecule has 0 bridgehead atoms. The third kappa shape index (κ3) is 5.09. The maximum atomic E-state index is 13.3. The summed E-state index contributed by atoms with van der Waals surface area (Å²) in [5.41, 5.74) is 3.42. The van der Waals surface area contributed by atoms with Crippen LogP contribution in [0.1, 0.15) is 68.2 Å². The second-order valence-electron chi connectivity index (χ2n) is 9.45. The molecule has 0 saturated heterocycles. The highest BCUT2D eigenvalue weighted by Gasteiger charge is 2.30. The molecule has 0 aliphatic heterocycles. The van der Waals surface area contributed by atoms with E-state index in [0.717, 1.165) is 24.2 Å². The van der Waals surface area contributed by atoms with Crippen LogP contribution in [-0.2, 0) is 16.4 Å². The second-order valence-corrected chi connectivity index (χ2v) is 11.5. The summed E-state index contributed by atoms with van der Waals surface area (Å²) in [6.07, 6.45) is 2.76. The van der Waals surface area contributed by atoms with Crippen molar-refractivity contribution in [1.82, 2.24) is 10.1 Å². The molecule has 9 heteroatoms. The molecule has 0 radical (unpaired) electrons. The monoisotopic (exact) mass is 456 g/mol. The zero-order chi connectivity index (χ0) is 23.1. The summed E-state index contributed by atoms with van der Waals surface area (Å²) in [5.74, 6) is 0.0650. The Morgan fingerprint density at radius 3 is 2.41 bits per heavy atom. The maximum absolute atomic E-state index is 13.3. The number of amides is 1. The van der Waals surface area contributed by atoms with Gasteiger partial charge in [-0.3, -0.25) is 9.52 Å². The van der Waals surface area contributed by atoms with Gasteiger partial charge in [-0.25, -0.2) is 13.4 Å². The van der Waals surface area contributed by atoms with Crippen molar-refractivity contribution in [3.63, 3.8) is 0 Å². The van der Waals surface area contributed by atoms with Crippen LogP contribution >= 0.6 is 0 Å². The molecule has 2 N–H and O–H groups in total. The molecule has 3 aromatic rings. The quantitative estimate of drug-likeness (QED) is 0.532. The summed E-state index contributed by atoms with van der Waals surface area (Å²) in [4.78, 5) is 17.9. The van der Waals surface area contributed by atoms with Crippen molar-refractivity contribution in [2.45, 2.75) is 52.9 Å². The number of aromatic nitrogens is 2. The number of carbonyl (C=O) groups is 1. The van der Waals surface area contributed by atoms with Crippen LogP contribution in [-0.4, -0.2) is 30.2 Å². The van der Waals surface area contributed by atoms with Gasteiger partial charge in [-0.2, -0.15) is 0 Å². The first-order valence-corrected chi connectivity index (χ1v) is 12.4. The minimum Gasteiger partial charge on any atom is -0.336 e. The molecule has 4 rings (SSSR count). The highest BCUT2D eigenvalue weighted by molar-refractivity contribution is 7.92. The van der Waals surface area contributed by atoms with E-state index < -0.39 is 10.0 Å². The Kier molecular flexibility index (Phi) is 5.70. The van der Waals surface area contributed by atoms with E-state index in [2.05, 4.69) is 41.0 Å². The molecular weight excluding hydrogens is 428 g/mol. The van der Waals surface area contributed by atoms with Crippen LogP contribution in [0.4, 0.5) is 11.4 Å². The smallest absolute Gasteiger partial charge is 0.259 e. The standard InChI is InChI=1S/C23H28N4O4S/c1-5-32(29,30)27-16-10-8-15(9-11-16)24-21(28)17-12-18(14-6-7-14)25-22-20(17)19(26-31-22)13-23(2,3)4/h8-12,14,27H,5-7,13H2,1-4H3,(H,24,28). The molecule has 0 atom stereocenters. The van der Waals surface area contributed by atoms with Crippen molar-refractivity contribution < 1.29 is 17.7 Å². The summed E-state index contributed by atoms with van der Waals surface area (Å²) in [5, 5.41) is 7.78. The Balaban J connectivity index is 1.64. The second kappa shape index (κ2) is 8.20. The lowest BCUT2D eigenvalue weighted by atomic mass is 9.89. The number of rotatable bonds is 7. The van der Waals surface area contributed by atoms with Gasteiger partial charge in [0.1, 0.15) is 0 Å². The molecule has 2 aromatic heterocycles. The van der Waals surface area contributed by atoms with Crippen LogP contribution in [0, 0.1) is 5.41 Å². The fourth-order valence-corrected chi connectivity index (χ4v) is 4.13. The van der Waals surface area contributed by atoms with Gasteiger partial charge in [0.2, 0.25) is 10.0 Å². The van der Waals surface area contributed by atoms with E-state index in [-0.39, 0.29) is 17.1 Å². The van der Waals surface area contributed by atoms with Crippen molar-refractivity contribution in [2.75, 3.05) is 15.8 Å². The SMILES string of the molecule is CCS(=O)(=O)Nc1ccc(NC(=O)c2cc(C3CC3)nc3onc(CC(C)(C)C)c23)cc1. The van der Waals surface area contributed by atoms with Crippen LogP contribution in [0.5, 0.6) is 0 Å². The van der Waals surface area contributed by atoms with Crippen molar-refractivity contribution in [2.24, 2.45) is 5.41 Å². The normalized spacial score (nSPS) is 14.5. The Bertz CT molecular complexity index is 1250. The highest BCUT2D eigenvalue weighted by atomic mass is 32.2. The lowest BCUT2D eigenvalue weighted by Gasteiger charge is -2.16. The minimum atomic E-state index is -3.36. The molecular formula is C23H28N4O4S. The number of fused-ring (bicyclic) bond motifs is 1. The number of benzene rings is 1. The number of nitrogens with one attached hydrogen (secondary N) is 2. The number of nitrogens with zero attached hydrogens (tertiary/aromatic N) is 2. The van der Waals surface area contributed by atoms with Crippen molar-refractivity contribution in [1.29, 1.82) is 0 Å². The van der Waals surface area contributed by atoms with Gasteiger partial charge in [0, 0.05) is 23.0 Å². The molecule has 0 unspecified atom stereocenters. The third-order valence-corrected chi connectivity index (χ3v) is 6.58. The molecule has 1 amide bonds. The molecule has 1 aliphatic rings. The first-order valence-electron chi connectivity index (χ1n) is 10.8. The Morgan fingerprint density at radius 1 is 1.16 bits per heavy atom. The third-order valence-electron chi connectivity index (χ3n) is 5.27. The minimum absolute atomic E-state index is 0.0114. The molecule has 170 valence electrons. The van der Waals surface area contributed by atoms with Gasteiger partial charge < -0.3 is 9.84 Å². The summed E-state index contributed by atoms with van der Waals surface area (Å²) in [7, 11) is -3.36. The number of anilines is 2. The summed E-state index contributed by atoms with van der Waals surface area (Å²) in [6.45, 7) is 7.88. The molecule has 8 nitrogen and oxygen atoms in total. The van der Waals surface area contributed by atoms with Gasteiger partial charge in [-0.05, 0) is 61.9 Å². The number of pyridine rings is 1. The van der Waals surface area contributed by atoms with Gasteiger partial charge >= 0.3 is 0 Å². The highest BCUT2D eigenvalue weighted by Crippen LogP contribution is 2.41. The Labute approximate surface area is 187 Å². The number of carbonyl (C=O) groups excluding carboxylic acids is 1. The molecule has 32 heavy (non-hydrogen) atoms. The number of hydrogen-bond donors (Lipinski definition) is 2. The van der Waals surface area contributed by atoms with Crippen LogP contribution in [0.2, 0.25) is 0 Å². The molecule has 1 fully saturated rings. The summed E-state index contributed by atoms with van der Waals surface area (Å²) >= 11 is 0. The molecule has 1 aromatic carbocycles. The van der Waals surface area contributed by atoms with Gasteiger partial charge in [-0.1, -0.05) is 25.9 Å². The average molecular weight is 457 g/mol. The Hall–Kier alpha value is -2.94. The molecule has 1 aliphatic carbocycles. The molecule has 0 spiro atoms. The van der Waals surface area contributed by atoms with Crippen LogP contribution < -0.4 is 10.0 Å². The lowest BCUT2D eigenvalue weighted by Crippen LogP contribution is -2.16. The van der Waals surface area contributed by atoms with E-state index in [1.54, 1.807) is 31.2 Å². The topological polar surface area (TPSA) is 114 Å². The number of sulfonamides is 1. The Morgan fingerprint density at radius 2 is 1.81 bits per heavy atom. The summed E-state index contributed by atoms with van der Waals surface area (Å²) in [6, 6.07) is 8.41. The van der Waals surface area contributed by atoms with E-state index >= 15 is 0 Å². The average Bonchev–Trinajstić information content (AvgIpc) is 3.50. The van der Waals surface area contributed by atoms with Gasteiger partial charge in [-0.15, -0.1) is 0 Å². The molecule has 2 heterocycles. The van der Waals surface area contributed by atoms with E-state index in [9.17, 15) is 13.2 Å². The predicted molar refractivity (Wildman–Crippen MR) is 124 cm³/mol. The number of hydrogen-bond acceptors (Lipinski definition) is 6. The van der Waals surface area contributed by atoms with Crippen LogP contribution in [0.25, 0.3) is 11.1 Å². The van der Waals surface area contributed by atoms with Crippen molar-refractivity contribution in [3.05, 3.63) is 47.3 Å². The first-order chi connectivity index (χ1) is 15.0. The summed E-state index contributed by atoms with van der Waals surface area (Å²) < 4.78 is 31.5. The van der Waals surface area contributed by atoms with Crippen molar-refractivity contribution in [3.8, 4) is 0 Å². The van der Waals surface area contributed by atoms with Crippen LogP contribution in [0.15, 0.2) is 34.9 Å². The van der Waals surface area contributed by atoms with Gasteiger partial charge in [0.05, 0.1) is 22.4 Å². The molecule has 1 saturated carbocycles. The van der Waals surface area contributed by atoms with E-state index in [0.29, 0.717) is 40.4 Å². The first kappa shape index (κ1) is 22.3. The van der Waals surface area contributed by atoms with Gasteiger partial charge in [0.15, 0.2) is 0 Å². The van der Waals surface area contributed by atoms with E-state index in [1.807, 2.05) is 6.07 Å². The predicted octanol–water partition coefficient (Wildman–Crippen LogP) is 4.70. The fraction of sp³-hybridized carbons (Fsp3) is 0.435. The maximum Gasteiger partial charge on any atom is 0.259 e.